The van der Waals surface area contributed by atoms with Crippen LogP contribution in [0.15, 0.2) is 48.5 Å². The smallest absolute Gasteiger partial charge is 0.243 e. The summed E-state index contributed by atoms with van der Waals surface area (Å²) in [5.41, 5.74) is 2.01. The van der Waals surface area contributed by atoms with Crippen molar-refractivity contribution in [2.75, 3.05) is 14.2 Å². The van der Waals surface area contributed by atoms with E-state index in [4.69, 9.17) is 9.47 Å². The lowest BCUT2D eigenvalue weighted by Crippen LogP contribution is -2.51. The summed E-state index contributed by atoms with van der Waals surface area (Å²) in [4.78, 5) is 28.3. The second-order valence-electron chi connectivity index (χ2n) is 8.61. The molecule has 0 bridgehead atoms. The van der Waals surface area contributed by atoms with E-state index in [-0.39, 0.29) is 17.9 Å². The summed E-state index contributed by atoms with van der Waals surface area (Å²) in [6, 6.07) is 15.3. The zero-order chi connectivity index (χ0) is 23.6. The summed E-state index contributed by atoms with van der Waals surface area (Å²) in [5.74, 6) is 1.24. The Labute approximate surface area is 197 Å². The molecule has 2 aromatic carbocycles. The molecular formula is C27H36N2O4. The highest BCUT2D eigenvalue weighted by Crippen LogP contribution is 2.28. The first kappa shape index (κ1) is 24.6. The van der Waals surface area contributed by atoms with Crippen LogP contribution in [0.25, 0.3) is 0 Å². The molecule has 0 heterocycles. The molecule has 2 aromatic rings. The molecule has 1 N–H and O–H groups in total. The number of benzene rings is 2. The number of rotatable bonds is 11. The van der Waals surface area contributed by atoms with Gasteiger partial charge in [-0.2, -0.15) is 0 Å². The summed E-state index contributed by atoms with van der Waals surface area (Å²) in [6.07, 6.45) is 5.80. The predicted molar refractivity (Wildman–Crippen MR) is 129 cm³/mol. The molecule has 178 valence electrons. The molecule has 0 aliphatic heterocycles. The van der Waals surface area contributed by atoms with Crippen LogP contribution >= 0.6 is 0 Å². The van der Waals surface area contributed by atoms with Gasteiger partial charge < -0.3 is 19.7 Å². The Hall–Kier alpha value is -3.02. The van der Waals surface area contributed by atoms with Crippen molar-refractivity contribution in [2.24, 2.45) is 0 Å². The van der Waals surface area contributed by atoms with Crippen LogP contribution in [0.2, 0.25) is 0 Å². The van der Waals surface area contributed by atoms with E-state index < -0.39 is 6.04 Å². The third-order valence-electron chi connectivity index (χ3n) is 6.36. The SMILES string of the molecule is CC[C@H](C(=O)NC1CCCC1)N(Cc1ccccc1)C(=O)CCc1ccc(OC)c(OC)c1. The Balaban J connectivity index is 1.74. The van der Waals surface area contributed by atoms with Gasteiger partial charge in [0.05, 0.1) is 14.2 Å². The van der Waals surface area contributed by atoms with E-state index in [2.05, 4.69) is 5.32 Å². The van der Waals surface area contributed by atoms with E-state index in [1.54, 1.807) is 19.1 Å². The fraction of sp³-hybridized carbons (Fsp3) is 0.481. The maximum atomic E-state index is 13.4. The fourth-order valence-corrected chi connectivity index (χ4v) is 4.50. The predicted octanol–water partition coefficient (Wildman–Crippen LogP) is 4.50. The second kappa shape index (κ2) is 12.3. The summed E-state index contributed by atoms with van der Waals surface area (Å²) in [6.45, 7) is 2.39. The van der Waals surface area contributed by atoms with Crippen molar-refractivity contribution in [2.45, 2.75) is 70.5 Å². The largest absolute Gasteiger partial charge is 0.493 e. The van der Waals surface area contributed by atoms with Crippen LogP contribution in [0.3, 0.4) is 0 Å². The maximum absolute atomic E-state index is 13.4. The molecule has 0 spiro atoms. The van der Waals surface area contributed by atoms with E-state index in [1.807, 2.05) is 55.5 Å². The van der Waals surface area contributed by atoms with Crippen LogP contribution in [0.1, 0.15) is 56.6 Å². The van der Waals surface area contributed by atoms with E-state index >= 15 is 0 Å². The Morgan fingerprint density at radius 1 is 1.00 bits per heavy atom. The van der Waals surface area contributed by atoms with Crippen molar-refractivity contribution in [1.29, 1.82) is 0 Å². The summed E-state index contributed by atoms with van der Waals surface area (Å²) in [5, 5.41) is 3.19. The van der Waals surface area contributed by atoms with Gasteiger partial charge in [0.1, 0.15) is 6.04 Å². The quantitative estimate of drug-likeness (QED) is 0.545. The average molecular weight is 453 g/mol. The van der Waals surface area contributed by atoms with E-state index in [0.29, 0.717) is 37.3 Å². The van der Waals surface area contributed by atoms with Gasteiger partial charge in [-0.25, -0.2) is 0 Å². The maximum Gasteiger partial charge on any atom is 0.243 e. The van der Waals surface area contributed by atoms with E-state index in [0.717, 1.165) is 36.8 Å². The molecule has 6 nitrogen and oxygen atoms in total. The van der Waals surface area contributed by atoms with Gasteiger partial charge >= 0.3 is 0 Å². The summed E-state index contributed by atoms with van der Waals surface area (Å²) in [7, 11) is 3.20. The molecule has 1 aliphatic carbocycles. The first-order chi connectivity index (χ1) is 16.0. The number of hydrogen-bond acceptors (Lipinski definition) is 4. The molecule has 3 rings (SSSR count). The third kappa shape index (κ3) is 6.73. The zero-order valence-corrected chi connectivity index (χ0v) is 20.0. The molecule has 0 aromatic heterocycles. The number of methoxy groups -OCH3 is 2. The highest BCUT2D eigenvalue weighted by molar-refractivity contribution is 5.88. The number of hydrogen-bond donors (Lipinski definition) is 1. The first-order valence-corrected chi connectivity index (χ1v) is 11.9. The normalized spacial score (nSPS) is 14.5. The van der Waals surface area contributed by atoms with Crippen LogP contribution in [-0.2, 0) is 22.6 Å². The van der Waals surface area contributed by atoms with Gasteiger partial charge in [0.15, 0.2) is 11.5 Å². The molecule has 6 heteroatoms. The standard InChI is InChI=1S/C27H36N2O4/c1-4-23(27(31)28-22-12-8-9-13-22)29(19-21-10-6-5-7-11-21)26(30)17-15-20-14-16-24(32-2)25(18-20)33-3/h5-7,10-11,14,16,18,22-23H,4,8-9,12-13,15,17,19H2,1-3H3,(H,28,31)/t23-/m1/s1. The summed E-state index contributed by atoms with van der Waals surface area (Å²) < 4.78 is 10.7. The molecule has 1 saturated carbocycles. The Kier molecular flexibility index (Phi) is 9.16. The lowest BCUT2D eigenvalue weighted by molar-refractivity contribution is -0.141. The van der Waals surface area contributed by atoms with Crippen molar-refractivity contribution in [1.82, 2.24) is 10.2 Å². The van der Waals surface area contributed by atoms with Crippen molar-refractivity contribution >= 4 is 11.8 Å². The molecule has 1 atom stereocenters. The fourth-order valence-electron chi connectivity index (χ4n) is 4.50. The minimum atomic E-state index is -0.483. The lowest BCUT2D eigenvalue weighted by Gasteiger charge is -2.31. The van der Waals surface area contributed by atoms with Crippen LogP contribution < -0.4 is 14.8 Å². The van der Waals surface area contributed by atoms with Gasteiger partial charge in [0, 0.05) is 19.0 Å². The minimum absolute atomic E-state index is 0.0259. The van der Waals surface area contributed by atoms with Gasteiger partial charge in [-0.1, -0.05) is 56.2 Å². The molecular weight excluding hydrogens is 416 g/mol. The van der Waals surface area contributed by atoms with E-state index in [1.165, 1.54) is 0 Å². The number of carbonyl (C=O) groups is 2. The highest BCUT2D eigenvalue weighted by atomic mass is 16.5. The monoisotopic (exact) mass is 452 g/mol. The molecule has 0 unspecified atom stereocenters. The molecule has 0 radical (unpaired) electrons. The Morgan fingerprint density at radius 3 is 2.33 bits per heavy atom. The van der Waals surface area contributed by atoms with Crippen LogP contribution in [0, 0.1) is 0 Å². The molecule has 1 fully saturated rings. The third-order valence-corrected chi connectivity index (χ3v) is 6.36. The Bertz CT molecular complexity index is 910. The summed E-state index contributed by atoms with van der Waals surface area (Å²) >= 11 is 0. The van der Waals surface area contributed by atoms with Gasteiger partial charge in [-0.05, 0) is 48.9 Å². The average Bonchev–Trinajstić information content (AvgIpc) is 3.35. The number of aryl methyl sites for hydroxylation is 1. The molecule has 0 saturated heterocycles. The van der Waals surface area contributed by atoms with Gasteiger partial charge in [0.2, 0.25) is 11.8 Å². The number of nitrogens with zero attached hydrogens (tertiary/aromatic N) is 1. The molecule has 33 heavy (non-hydrogen) atoms. The van der Waals surface area contributed by atoms with Gasteiger partial charge in [-0.15, -0.1) is 0 Å². The number of ether oxygens (including phenoxy) is 2. The number of nitrogens with one attached hydrogen (secondary N) is 1. The zero-order valence-electron chi connectivity index (χ0n) is 20.0. The number of amides is 2. The van der Waals surface area contributed by atoms with Crippen LogP contribution in [-0.4, -0.2) is 43.0 Å². The van der Waals surface area contributed by atoms with Crippen molar-refractivity contribution in [3.8, 4) is 11.5 Å². The van der Waals surface area contributed by atoms with Crippen molar-refractivity contribution < 1.29 is 19.1 Å². The molecule has 2 amide bonds. The van der Waals surface area contributed by atoms with Crippen molar-refractivity contribution in [3.63, 3.8) is 0 Å². The van der Waals surface area contributed by atoms with Gasteiger partial charge in [-0.3, -0.25) is 9.59 Å². The second-order valence-corrected chi connectivity index (χ2v) is 8.61. The topological polar surface area (TPSA) is 67.9 Å². The van der Waals surface area contributed by atoms with Gasteiger partial charge in [0.25, 0.3) is 0 Å². The molecule has 1 aliphatic rings. The Morgan fingerprint density at radius 2 is 1.70 bits per heavy atom. The lowest BCUT2D eigenvalue weighted by atomic mass is 10.1. The highest BCUT2D eigenvalue weighted by Gasteiger charge is 2.30. The first-order valence-electron chi connectivity index (χ1n) is 11.9. The van der Waals surface area contributed by atoms with E-state index in [9.17, 15) is 9.59 Å². The van der Waals surface area contributed by atoms with Crippen molar-refractivity contribution in [3.05, 3.63) is 59.7 Å². The number of carbonyl (C=O) groups excluding carboxylic acids is 2. The minimum Gasteiger partial charge on any atom is -0.493 e. The van der Waals surface area contributed by atoms with Crippen LogP contribution in [0.4, 0.5) is 0 Å². The van der Waals surface area contributed by atoms with Crippen LogP contribution in [0.5, 0.6) is 11.5 Å².